The number of ether oxygens (including phenoxy) is 1. The fraction of sp³-hybridized carbons (Fsp3) is 0.167. The van der Waals surface area contributed by atoms with Crippen LogP contribution in [-0.4, -0.2) is 34.1 Å². The predicted molar refractivity (Wildman–Crippen MR) is 76.1 cm³/mol. The summed E-state index contributed by atoms with van der Waals surface area (Å²) in [7, 11) is 1.24. The van der Waals surface area contributed by atoms with Crippen LogP contribution in [0.25, 0.3) is 0 Å². The fourth-order valence-corrected chi connectivity index (χ4v) is 1.60. The summed E-state index contributed by atoms with van der Waals surface area (Å²) in [6.45, 7) is -0.0432. The molecule has 2 aromatic rings. The molecule has 0 saturated heterocycles. The summed E-state index contributed by atoms with van der Waals surface area (Å²) in [5.41, 5.74) is 0.623. The van der Waals surface area contributed by atoms with Crippen LogP contribution < -0.4 is 10.6 Å². The van der Waals surface area contributed by atoms with E-state index in [1.54, 1.807) is 24.3 Å². The van der Waals surface area contributed by atoms with E-state index in [1.165, 1.54) is 18.0 Å². The average molecular weight is 310 g/mol. The predicted octanol–water partition coefficient (Wildman–Crippen LogP) is 1.75. The van der Waals surface area contributed by atoms with Crippen LogP contribution in [0.1, 0.15) is 0 Å². The van der Waals surface area contributed by atoms with Crippen molar-refractivity contribution in [3.63, 3.8) is 0 Å². The van der Waals surface area contributed by atoms with Crippen LogP contribution >= 0.6 is 11.6 Å². The first-order valence-electron chi connectivity index (χ1n) is 5.87. The second-order valence-electron chi connectivity index (χ2n) is 3.97. The second-order valence-corrected chi connectivity index (χ2v) is 4.41. The van der Waals surface area contributed by atoms with Gasteiger partial charge in [0.1, 0.15) is 6.54 Å². The molecule has 0 bridgehead atoms. The molecular formula is C12H12ClN5O3. The Bertz CT molecular complexity index is 641. The van der Waals surface area contributed by atoms with Crippen molar-refractivity contribution in [2.75, 3.05) is 17.7 Å². The lowest BCUT2D eigenvalue weighted by atomic mass is 10.3. The zero-order valence-electron chi connectivity index (χ0n) is 11.0. The van der Waals surface area contributed by atoms with Crippen molar-refractivity contribution >= 4 is 35.1 Å². The van der Waals surface area contributed by atoms with Gasteiger partial charge in [-0.15, -0.1) is 5.10 Å². The van der Waals surface area contributed by atoms with Crippen LogP contribution in [0.3, 0.4) is 0 Å². The van der Waals surface area contributed by atoms with Crippen molar-refractivity contribution in [1.82, 2.24) is 15.0 Å². The lowest BCUT2D eigenvalue weighted by Gasteiger charge is -2.04. The van der Waals surface area contributed by atoms with Gasteiger partial charge in [-0.05, 0) is 24.3 Å². The smallest absolute Gasteiger partial charge is 0.412 e. The Labute approximate surface area is 125 Å². The first kappa shape index (κ1) is 14.8. The average Bonchev–Trinajstić information content (AvgIpc) is 2.88. The lowest BCUT2D eigenvalue weighted by molar-refractivity contribution is -0.116. The lowest BCUT2D eigenvalue weighted by Crippen LogP contribution is -2.19. The number of carbonyl (C=O) groups excluding carboxylic acids is 2. The van der Waals surface area contributed by atoms with Crippen LogP contribution in [0.5, 0.6) is 0 Å². The van der Waals surface area contributed by atoms with Crippen molar-refractivity contribution in [3.05, 3.63) is 35.5 Å². The van der Waals surface area contributed by atoms with Gasteiger partial charge in [0.2, 0.25) is 5.91 Å². The van der Waals surface area contributed by atoms with E-state index in [0.29, 0.717) is 10.7 Å². The van der Waals surface area contributed by atoms with E-state index in [2.05, 4.69) is 25.7 Å². The van der Waals surface area contributed by atoms with Gasteiger partial charge in [0.15, 0.2) is 5.82 Å². The number of nitrogens with one attached hydrogen (secondary N) is 2. The quantitative estimate of drug-likeness (QED) is 0.896. The number of hydrogen-bond donors (Lipinski definition) is 2. The first-order chi connectivity index (χ1) is 10.1. The molecule has 1 heterocycles. The Hall–Kier alpha value is -2.61. The van der Waals surface area contributed by atoms with Crippen molar-refractivity contribution in [1.29, 1.82) is 0 Å². The van der Waals surface area contributed by atoms with Gasteiger partial charge >= 0.3 is 6.09 Å². The highest BCUT2D eigenvalue weighted by Crippen LogP contribution is 2.13. The number of anilines is 2. The van der Waals surface area contributed by atoms with Gasteiger partial charge in [0.25, 0.3) is 0 Å². The van der Waals surface area contributed by atoms with E-state index >= 15 is 0 Å². The third kappa shape index (κ3) is 4.46. The molecule has 8 nitrogen and oxygen atoms in total. The van der Waals surface area contributed by atoms with E-state index in [-0.39, 0.29) is 18.3 Å². The summed E-state index contributed by atoms with van der Waals surface area (Å²) in [6, 6.07) is 6.72. The number of nitrogens with zero attached hydrogens (tertiary/aromatic N) is 3. The third-order valence-electron chi connectivity index (χ3n) is 2.39. The van der Waals surface area contributed by atoms with Crippen molar-refractivity contribution < 1.29 is 14.3 Å². The van der Waals surface area contributed by atoms with Crippen molar-refractivity contribution in [2.45, 2.75) is 6.54 Å². The van der Waals surface area contributed by atoms with Gasteiger partial charge in [-0.3, -0.25) is 10.1 Å². The molecule has 1 aromatic carbocycles. The molecule has 2 N–H and O–H groups in total. The Morgan fingerprint density at radius 2 is 2.00 bits per heavy atom. The molecule has 0 atom stereocenters. The molecule has 9 heteroatoms. The van der Waals surface area contributed by atoms with Gasteiger partial charge in [0, 0.05) is 10.7 Å². The van der Waals surface area contributed by atoms with Gasteiger partial charge in [-0.25, -0.2) is 9.48 Å². The topological polar surface area (TPSA) is 98.1 Å². The molecule has 2 amide bonds. The first-order valence-corrected chi connectivity index (χ1v) is 6.25. The molecule has 110 valence electrons. The standard InChI is InChI=1S/C12H12ClN5O3/c1-21-12(20)15-10-6-18(17-16-10)7-11(19)14-9-4-2-8(13)3-5-9/h2-6H,7H2,1H3,(H,14,19)(H,15,20). The van der Waals surface area contributed by atoms with Crippen LogP contribution in [0.15, 0.2) is 30.5 Å². The molecule has 0 unspecified atom stereocenters. The minimum Gasteiger partial charge on any atom is -0.453 e. The van der Waals surface area contributed by atoms with E-state index in [1.807, 2.05) is 0 Å². The highest BCUT2D eigenvalue weighted by molar-refractivity contribution is 6.30. The highest BCUT2D eigenvalue weighted by Gasteiger charge is 2.08. The molecular weight excluding hydrogens is 298 g/mol. The SMILES string of the molecule is COC(=O)Nc1cn(CC(=O)Nc2ccc(Cl)cc2)nn1. The van der Waals surface area contributed by atoms with E-state index < -0.39 is 6.09 Å². The third-order valence-corrected chi connectivity index (χ3v) is 2.64. The Morgan fingerprint density at radius 1 is 1.29 bits per heavy atom. The van der Waals surface area contributed by atoms with E-state index in [9.17, 15) is 9.59 Å². The zero-order chi connectivity index (χ0) is 15.2. The molecule has 0 fully saturated rings. The summed E-state index contributed by atoms with van der Waals surface area (Å²) in [5.74, 6) is -0.0898. The number of hydrogen-bond acceptors (Lipinski definition) is 5. The molecule has 0 radical (unpaired) electrons. The van der Waals surface area contributed by atoms with Gasteiger partial charge < -0.3 is 10.1 Å². The number of amides is 2. The maximum atomic E-state index is 11.8. The summed E-state index contributed by atoms with van der Waals surface area (Å²) in [5, 5.41) is 13.0. The molecule has 0 spiro atoms. The van der Waals surface area contributed by atoms with Crippen LogP contribution in [0.2, 0.25) is 5.02 Å². The number of methoxy groups -OCH3 is 1. The number of halogens is 1. The van der Waals surface area contributed by atoms with Gasteiger partial charge in [-0.2, -0.15) is 0 Å². The fourth-order valence-electron chi connectivity index (χ4n) is 1.47. The monoisotopic (exact) mass is 309 g/mol. The van der Waals surface area contributed by atoms with Gasteiger partial charge in [0.05, 0.1) is 13.3 Å². The summed E-state index contributed by atoms with van der Waals surface area (Å²) in [6.07, 6.45) is 0.755. The Morgan fingerprint density at radius 3 is 2.67 bits per heavy atom. The maximum Gasteiger partial charge on any atom is 0.412 e. The summed E-state index contributed by atoms with van der Waals surface area (Å²) < 4.78 is 5.70. The highest BCUT2D eigenvalue weighted by atomic mass is 35.5. The number of aromatic nitrogens is 3. The minimum atomic E-state index is -0.660. The molecule has 2 rings (SSSR count). The zero-order valence-corrected chi connectivity index (χ0v) is 11.8. The molecule has 0 saturated carbocycles. The molecule has 0 aliphatic carbocycles. The van der Waals surface area contributed by atoms with E-state index in [0.717, 1.165) is 0 Å². The minimum absolute atomic E-state index is 0.0432. The number of carbonyl (C=O) groups is 2. The summed E-state index contributed by atoms with van der Waals surface area (Å²) >= 11 is 5.75. The maximum absolute atomic E-state index is 11.8. The number of rotatable bonds is 4. The van der Waals surface area contributed by atoms with Crippen molar-refractivity contribution in [2.24, 2.45) is 0 Å². The van der Waals surface area contributed by atoms with Crippen LogP contribution in [0.4, 0.5) is 16.3 Å². The molecule has 0 aliphatic heterocycles. The Kier molecular flexibility index (Phi) is 4.72. The molecule has 0 aliphatic rings. The molecule has 21 heavy (non-hydrogen) atoms. The molecule has 1 aromatic heterocycles. The van der Waals surface area contributed by atoms with E-state index in [4.69, 9.17) is 11.6 Å². The van der Waals surface area contributed by atoms with Crippen LogP contribution in [0, 0.1) is 0 Å². The number of benzene rings is 1. The Balaban J connectivity index is 1.90. The summed E-state index contributed by atoms with van der Waals surface area (Å²) in [4.78, 5) is 22.8. The van der Waals surface area contributed by atoms with Crippen LogP contribution in [-0.2, 0) is 16.1 Å². The normalized spacial score (nSPS) is 10.0. The van der Waals surface area contributed by atoms with Gasteiger partial charge in [-0.1, -0.05) is 16.8 Å². The second kappa shape index (κ2) is 6.71. The largest absolute Gasteiger partial charge is 0.453 e. The van der Waals surface area contributed by atoms with Crippen molar-refractivity contribution in [3.8, 4) is 0 Å².